The molecule has 1 saturated heterocycles. The minimum absolute atomic E-state index is 0.0984. The summed E-state index contributed by atoms with van der Waals surface area (Å²) in [6.07, 6.45) is 4.46. The maximum Gasteiger partial charge on any atom is 0.224 e. The summed E-state index contributed by atoms with van der Waals surface area (Å²) < 4.78 is 5.32. The molecule has 1 amide bonds. The minimum Gasteiger partial charge on any atom is -0.381 e. The summed E-state index contributed by atoms with van der Waals surface area (Å²) in [6.45, 7) is 2.41. The Bertz CT molecular complexity index is 585. The van der Waals surface area contributed by atoms with Gasteiger partial charge in [-0.05, 0) is 30.4 Å². The number of hydrogen-bond donors (Lipinski definition) is 2. The normalized spacial score (nSPS) is 16.4. The average molecular weight is 272 g/mol. The first-order valence-corrected chi connectivity index (χ1v) is 7.22. The standard InChI is InChI=1S/C16H20N2O2/c19-16(18-10-12-5-7-20-8-6-12)9-13-11-17-15-4-2-1-3-14(13)15/h1-4,11-12,17H,5-10H2,(H,18,19). The van der Waals surface area contributed by atoms with Crippen LogP contribution < -0.4 is 5.32 Å². The molecule has 1 fully saturated rings. The lowest BCUT2D eigenvalue weighted by Gasteiger charge is -2.22. The highest BCUT2D eigenvalue weighted by molar-refractivity contribution is 5.88. The lowest BCUT2D eigenvalue weighted by Crippen LogP contribution is -2.33. The summed E-state index contributed by atoms with van der Waals surface area (Å²) in [7, 11) is 0. The molecule has 0 spiro atoms. The number of para-hydroxylation sites is 1. The van der Waals surface area contributed by atoms with Crippen LogP contribution in [-0.2, 0) is 16.0 Å². The zero-order valence-electron chi connectivity index (χ0n) is 11.5. The van der Waals surface area contributed by atoms with E-state index in [-0.39, 0.29) is 5.91 Å². The van der Waals surface area contributed by atoms with E-state index in [2.05, 4.69) is 10.3 Å². The van der Waals surface area contributed by atoms with Crippen molar-refractivity contribution in [3.05, 3.63) is 36.0 Å². The molecule has 0 unspecified atom stereocenters. The van der Waals surface area contributed by atoms with E-state index in [0.717, 1.165) is 49.1 Å². The van der Waals surface area contributed by atoms with Crippen molar-refractivity contribution in [3.63, 3.8) is 0 Å². The highest BCUT2D eigenvalue weighted by Gasteiger charge is 2.15. The predicted molar refractivity (Wildman–Crippen MR) is 78.6 cm³/mol. The molecule has 1 aliphatic heterocycles. The molecule has 2 heterocycles. The van der Waals surface area contributed by atoms with E-state index in [4.69, 9.17) is 4.74 Å². The van der Waals surface area contributed by atoms with Crippen LogP contribution in [-0.4, -0.2) is 30.6 Å². The Morgan fingerprint density at radius 2 is 2.10 bits per heavy atom. The largest absolute Gasteiger partial charge is 0.381 e. The fraction of sp³-hybridized carbons (Fsp3) is 0.438. The number of carbonyl (C=O) groups excluding carboxylic acids is 1. The van der Waals surface area contributed by atoms with Gasteiger partial charge in [-0.25, -0.2) is 0 Å². The van der Waals surface area contributed by atoms with Gasteiger partial charge in [0, 0.05) is 36.9 Å². The molecule has 1 aliphatic rings. The van der Waals surface area contributed by atoms with Gasteiger partial charge in [-0.1, -0.05) is 18.2 Å². The van der Waals surface area contributed by atoms with Gasteiger partial charge in [0.2, 0.25) is 5.91 Å². The highest BCUT2D eigenvalue weighted by atomic mass is 16.5. The maximum absolute atomic E-state index is 12.0. The molecule has 4 nitrogen and oxygen atoms in total. The van der Waals surface area contributed by atoms with Crippen molar-refractivity contribution >= 4 is 16.8 Å². The Balaban J connectivity index is 1.55. The van der Waals surface area contributed by atoms with Gasteiger partial charge in [0.15, 0.2) is 0 Å². The van der Waals surface area contributed by atoms with Crippen LogP contribution in [0.1, 0.15) is 18.4 Å². The third-order valence-corrected chi connectivity index (χ3v) is 3.95. The van der Waals surface area contributed by atoms with Crippen molar-refractivity contribution in [2.24, 2.45) is 5.92 Å². The minimum atomic E-state index is 0.0984. The Labute approximate surface area is 118 Å². The number of fused-ring (bicyclic) bond motifs is 1. The molecule has 1 aromatic heterocycles. The Hall–Kier alpha value is -1.81. The van der Waals surface area contributed by atoms with Gasteiger partial charge in [-0.3, -0.25) is 4.79 Å². The lowest BCUT2D eigenvalue weighted by molar-refractivity contribution is -0.120. The third-order valence-electron chi connectivity index (χ3n) is 3.95. The van der Waals surface area contributed by atoms with Gasteiger partial charge in [-0.2, -0.15) is 0 Å². The molecule has 0 aliphatic carbocycles. The van der Waals surface area contributed by atoms with Crippen molar-refractivity contribution in [1.82, 2.24) is 10.3 Å². The first kappa shape index (κ1) is 13.2. The summed E-state index contributed by atoms with van der Waals surface area (Å²) in [4.78, 5) is 15.2. The second kappa shape index (κ2) is 6.09. The van der Waals surface area contributed by atoms with Crippen molar-refractivity contribution in [2.45, 2.75) is 19.3 Å². The zero-order chi connectivity index (χ0) is 13.8. The monoisotopic (exact) mass is 272 g/mol. The van der Waals surface area contributed by atoms with Crippen LogP contribution in [0.25, 0.3) is 10.9 Å². The average Bonchev–Trinajstić information content (AvgIpc) is 2.90. The van der Waals surface area contributed by atoms with Crippen molar-refractivity contribution < 1.29 is 9.53 Å². The topological polar surface area (TPSA) is 54.1 Å². The first-order valence-electron chi connectivity index (χ1n) is 7.22. The fourth-order valence-corrected chi connectivity index (χ4v) is 2.72. The molecule has 20 heavy (non-hydrogen) atoms. The summed E-state index contributed by atoms with van der Waals surface area (Å²) in [5.74, 6) is 0.664. The molecule has 1 aromatic carbocycles. The molecule has 2 N–H and O–H groups in total. The third kappa shape index (κ3) is 3.02. The predicted octanol–water partition coefficient (Wildman–Crippen LogP) is 2.25. The number of aromatic amines is 1. The highest BCUT2D eigenvalue weighted by Crippen LogP contribution is 2.18. The van der Waals surface area contributed by atoms with Crippen LogP contribution in [0.15, 0.2) is 30.5 Å². The second-order valence-corrected chi connectivity index (χ2v) is 5.40. The number of benzene rings is 1. The van der Waals surface area contributed by atoms with Crippen LogP contribution in [0, 0.1) is 5.92 Å². The van der Waals surface area contributed by atoms with Crippen molar-refractivity contribution in [1.29, 1.82) is 0 Å². The van der Waals surface area contributed by atoms with Gasteiger partial charge in [0.1, 0.15) is 0 Å². The summed E-state index contributed by atoms with van der Waals surface area (Å²) in [5, 5.41) is 4.18. The number of rotatable bonds is 4. The number of nitrogens with one attached hydrogen (secondary N) is 2. The van der Waals surface area contributed by atoms with Gasteiger partial charge in [0.25, 0.3) is 0 Å². The SMILES string of the molecule is O=C(Cc1c[nH]c2ccccc12)NCC1CCOCC1. The Morgan fingerprint density at radius 3 is 2.95 bits per heavy atom. The maximum atomic E-state index is 12.0. The van der Waals surface area contributed by atoms with Crippen LogP contribution in [0.2, 0.25) is 0 Å². The zero-order valence-corrected chi connectivity index (χ0v) is 11.5. The fourth-order valence-electron chi connectivity index (χ4n) is 2.72. The number of ether oxygens (including phenoxy) is 1. The van der Waals surface area contributed by atoms with E-state index in [0.29, 0.717) is 12.3 Å². The summed E-state index contributed by atoms with van der Waals surface area (Å²) in [5.41, 5.74) is 2.14. The quantitative estimate of drug-likeness (QED) is 0.897. The van der Waals surface area contributed by atoms with Gasteiger partial charge in [0.05, 0.1) is 6.42 Å². The number of amides is 1. The summed E-state index contributed by atoms with van der Waals surface area (Å²) >= 11 is 0. The van der Waals surface area contributed by atoms with Crippen LogP contribution in [0.4, 0.5) is 0 Å². The smallest absolute Gasteiger partial charge is 0.224 e. The molecule has 4 heteroatoms. The molecular formula is C16H20N2O2. The molecule has 106 valence electrons. The van der Waals surface area contributed by atoms with Crippen LogP contribution in [0.3, 0.4) is 0 Å². The Kier molecular flexibility index (Phi) is 4.02. The molecule has 0 atom stereocenters. The molecule has 2 aromatic rings. The molecule has 3 rings (SSSR count). The van der Waals surface area contributed by atoms with Crippen molar-refractivity contribution in [3.8, 4) is 0 Å². The molecular weight excluding hydrogens is 252 g/mol. The van der Waals surface area contributed by atoms with E-state index >= 15 is 0 Å². The van der Waals surface area contributed by atoms with Crippen LogP contribution >= 0.6 is 0 Å². The van der Waals surface area contributed by atoms with E-state index in [1.165, 1.54) is 0 Å². The lowest BCUT2D eigenvalue weighted by atomic mass is 10.0. The summed E-state index contributed by atoms with van der Waals surface area (Å²) in [6, 6.07) is 8.07. The number of hydrogen-bond acceptors (Lipinski definition) is 2. The molecule has 0 bridgehead atoms. The van der Waals surface area contributed by atoms with Gasteiger partial charge >= 0.3 is 0 Å². The number of H-pyrrole nitrogens is 1. The Morgan fingerprint density at radius 1 is 1.30 bits per heavy atom. The first-order chi connectivity index (χ1) is 9.83. The number of aromatic nitrogens is 1. The van der Waals surface area contributed by atoms with E-state index < -0.39 is 0 Å². The van der Waals surface area contributed by atoms with E-state index in [1.807, 2.05) is 30.5 Å². The number of carbonyl (C=O) groups is 1. The molecule has 0 saturated carbocycles. The van der Waals surface area contributed by atoms with Gasteiger partial charge in [-0.15, -0.1) is 0 Å². The van der Waals surface area contributed by atoms with Gasteiger partial charge < -0.3 is 15.0 Å². The van der Waals surface area contributed by atoms with Crippen molar-refractivity contribution in [2.75, 3.05) is 19.8 Å². The second-order valence-electron chi connectivity index (χ2n) is 5.40. The van der Waals surface area contributed by atoms with E-state index in [9.17, 15) is 4.79 Å². The van der Waals surface area contributed by atoms with Crippen LogP contribution in [0.5, 0.6) is 0 Å². The molecule has 0 radical (unpaired) electrons. The van der Waals surface area contributed by atoms with E-state index in [1.54, 1.807) is 0 Å².